The summed E-state index contributed by atoms with van der Waals surface area (Å²) in [5, 5.41) is 8.82. The number of aromatic nitrogens is 1. The van der Waals surface area contributed by atoms with Gasteiger partial charge >= 0.3 is 5.97 Å². The Morgan fingerprint density at radius 3 is 2.94 bits per heavy atom. The topological polar surface area (TPSA) is 62.7 Å². The van der Waals surface area contributed by atoms with Gasteiger partial charge in [0.25, 0.3) is 0 Å². The molecule has 1 fully saturated rings. The second-order valence-electron chi connectivity index (χ2n) is 3.67. The first kappa shape index (κ1) is 10.9. The number of pyridine rings is 1. The molecule has 0 amide bonds. The van der Waals surface area contributed by atoms with E-state index in [1.54, 1.807) is 12.4 Å². The van der Waals surface area contributed by atoms with Gasteiger partial charge in [0.15, 0.2) is 0 Å². The van der Waals surface area contributed by atoms with Crippen LogP contribution in [0, 0.1) is 0 Å². The van der Waals surface area contributed by atoms with Crippen molar-refractivity contribution >= 4 is 11.7 Å². The van der Waals surface area contributed by atoms with Crippen molar-refractivity contribution in [3.05, 3.63) is 24.0 Å². The molecule has 2 rings (SSSR count). The van der Waals surface area contributed by atoms with Crippen LogP contribution in [0.2, 0.25) is 0 Å². The van der Waals surface area contributed by atoms with Gasteiger partial charge in [0.05, 0.1) is 19.6 Å². The summed E-state index contributed by atoms with van der Waals surface area (Å²) >= 11 is 0. The maximum absolute atomic E-state index is 10.7. The number of nitrogens with zero attached hydrogens (tertiary/aromatic N) is 2. The van der Waals surface area contributed by atoms with Crippen LogP contribution in [0.3, 0.4) is 0 Å². The molecule has 1 aliphatic rings. The van der Waals surface area contributed by atoms with Gasteiger partial charge in [0, 0.05) is 36.7 Å². The van der Waals surface area contributed by atoms with Crippen molar-refractivity contribution in [2.75, 3.05) is 31.2 Å². The fourth-order valence-electron chi connectivity index (χ4n) is 1.83. The molecule has 0 atom stereocenters. The largest absolute Gasteiger partial charge is 0.481 e. The van der Waals surface area contributed by atoms with Crippen LogP contribution in [0.4, 0.5) is 5.69 Å². The molecule has 1 aromatic rings. The predicted molar refractivity (Wildman–Crippen MR) is 58.6 cm³/mol. The molecule has 0 aromatic carbocycles. The summed E-state index contributed by atoms with van der Waals surface area (Å²) in [4.78, 5) is 16.8. The molecule has 0 unspecified atom stereocenters. The van der Waals surface area contributed by atoms with Gasteiger partial charge in [0.2, 0.25) is 0 Å². The molecule has 0 bridgehead atoms. The zero-order chi connectivity index (χ0) is 11.4. The molecule has 86 valence electrons. The molecular formula is C11H14N2O3. The van der Waals surface area contributed by atoms with Gasteiger partial charge in [0.1, 0.15) is 0 Å². The Labute approximate surface area is 93.7 Å². The molecule has 1 aliphatic heterocycles. The van der Waals surface area contributed by atoms with Crippen LogP contribution < -0.4 is 4.90 Å². The lowest BCUT2D eigenvalue weighted by atomic mass is 10.1. The van der Waals surface area contributed by atoms with Crippen LogP contribution >= 0.6 is 0 Å². The lowest BCUT2D eigenvalue weighted by Crippen LogP contribution is -2.36. The number of hydrogen-bond acceptors (Lipinski definition) is 4. The molecule has 5 heteroatoms. The fourth-order valence-corrected chi connectivity index (χ4v) is 1.83. The minimum atomic E-state index is -0.831. The van der Waals surface area contributed by atoms with E-state index in [0.29, 0.717) is 13.2 Å². The van der Waals surface area contributed by atoms with Crippen molar-refractivity contribution in [3.63, 3.8) is 0 Å². The molecule has 0 radical (unpaired) electrons. The average Bonchev–Trinajstić information content (AvgIpc) is 2.30. The molecule has 0 spiro atoms. The van der Waals surface area contributed by atoms with Crippen LogP contribution in [0.25, 0.3) is 0 Å². The van der Waals surface area contributed by atoms with Crippen LogP contribution in [0.5, 0.6) is 0 Å². The summed E-state index contributed by atoms with van der Waals surface area (Å²) < 4.78 is 5.27. The summed E-state index contributed by atoms with van der Waals surface area (Å²) in [5.41, 5.74) is 1.72. The molecule has 1 saturated heterocycles. The number of hydrogen-bond donors (Lipinski definition) is 1. The summed E-state index contributed by atoms with van der Waals surface area (Å²) in [7, 11) is 0. The second kappa shape index (κ2) is 4.94. The van der Waals surface area contributed by atoms with Gasteiger partial charge in [-0.3, -0.25) is 9.78 Å². The van der Waals surface area contributed by atoms with Crippen LogP contribution in [-0.4, -0.2) is 42.4 Å². The number of rotatable bonds is 3. The Kier molecular flexibility index (Phi) is 3.36. The molecule has 5 nitrogen and oxygen atoms in total. The van der Waals surface area contributed by atoms with Gasteiger partial charge in [-0.25, -0.2) is 0 Å². The maximum Gasteiger partial charge on any atom is 0.307 e. The lowest BCUT2D eigenvalue weighted by molar-refractivity contribution is -0.136. The van der Waals surface area contributed by atoms with Gasteiger partial charge in [-0.1, -0.05) is 0 Å². The van der Waals surface area contributed by atoms with E-state index in [0.717, 1.165) is 24.3 Å². The Morgan fingerprint density at radius 1 is 1.50 bits per heavy atom. The lowest BCUT2D eigenvalue weighted by Gasteiger charge is -2.30. The number of carboxylic acid groups (broad SMARTS) is 1. The van der Waals surface area contributed by atoms with Crippen molar-refractivity contribution in [3.8, 4) is 0 Å². The van der Waals surface area contributed by atoms with Gasteiger partial charge < -0.3 is 14.7 Å². The third-order valence-corrected chi connectivity index (χ3v) is 2.57. The van der Waals surface area contributed by atoms with Crippen LogP contribution in [0.1, 0.15) is 5.56 Å². The van der Waals surface area contributed by atoms with E-state index in [9.17, 15) is 4.79 Å². The first-order valence-corrected chi connectivity index (χ1v) is 5.25. The van der Waals surface area contributed by atoms with Crippen molar-refractivity contribution in [2.24, 2.45) is 0 Å². The smallest absolute Gasteiger partial charge is 0.307 e. The summed E-state index contributed by atoms with van der Waals surface area (Å²) in [5.74, 6) is -0.831. The first-order valence-electron chi connectivity index (χ1n) is 5.25. The van der Waals surface area contributed by atoms with E-state index in [1.165, 1.54) is 0 Å². The molecule has 16 heavy (non-hydrogen) atoms. The molecule has 1 aromatic heterocycles. The number of anilines is 1. The average molecular weight is 222 g/mol. The summed E-state index contributed by atoms with van der Waals surface area (Å²) in [6.07, 6.45) is 3.33. The van der Waals surface area contributed by atoms with Crippen LogP contribution in [0.15, 0.2) is 18.5 Å². The van der Waals surface area contributed by atoms with Crippen molar-refractivity contribution in [1.82, 2.24) is 4.98 Å². The van der Waals surface area contributed by atoms with Gasteiger partial charge in [-0.2, -0.15) is 0 Å². The maximum atomic E-state index is 10.7. The monoisotopic (exact) mass is 222 g/mol. The molecular weight excluding hydrogens is 208 g/mol. The normalized spacial score (nSPS) is 16.1. The Balaban J connectivity index is 2.20. The zero-order valence-electron chi connectivity index (χ0n) is 8.93. The Morgan fingerprint density at radius 2 is 2.25 bits per heavy atom. The van der Waals surface area contributed by atoms with Crippen LogP contribution in [-0.2, 0) is 16.0 Å². The van der Waals surface area contributed by atoms with E-state index in [2.05, 4.69) is 9.88 Å². The van der Waals surface area contributed by atoms with Crippen molar-refractivity contribution < 1.29 is 14.6 Å². The SMILES string of the molecule is O=C(O)Cc1cnccc1N1CCOCC1. The first-order chi connectivity index (χ1) is 7.77. The highest BCUT2D eigenvalue weighted by molar-refractivity contribution is 5.73. The Bertz CT molecular complexity index is 375. The number of ether oxygens (including phenoxy) is 1. The van der Waals surface area contributed by atoms with E-state index in [4.69, 9.17) is 9.84 Å². The highest BCUT2D eigenvalue weighted by Gasteiger charge is 2.15. The molecule has 1 N–H and O–H groups in total. The minimum absolute atomic E-state index is 0.0144. The number of carbonyl (C=O) groups is 1. The quantitative estimate of drug-likeness (QED) is 0.809. The second-order valence-corrected chi connectivity index (χ2v) is 3.67. The van der Waals surface area contributed by atoms with E-state index in [1.807, 2.05) is 6.07 Å². The summed E-state index contributed by atoms with van der Waals surface area (Å²) in [6.45, 7) is 2.98. The van der Waals surface area contributed by atoms with Gasteiger partial charge in [-0.05, 0) is 6.07 Å². The molecule has 0 saturated carbocycles. The zero-order valence-corrected chi connectivity index (χ0v) is 8.93. The highest BCUT2D eigenvalue weighted by Crippen LogP contribution is 2.20. The van der Waals surface area contributed by atoms with E-state index in [-0.39, 0.29) is 6.42 Å². The van der Waals surface area contributed by atoms with E-state index >= 15 is 0 Å². The van der Waals surface area contributed by atoms with Gasteiger partial charge in [-0.15, -0.1) is 0 Å². The Hall–Kier alpha value is -1.62. The fraction of sp³-hybridized carbons (Fsp3) is 0.455. The predicted octanol–water partition coefficient (Wildman–Crippen LogP) is 0.545. The highest BCUT2D eigenvalue weighted by atomic mass is 16.5. The number of morpholine rings is 1. The minimum Gasteiger partial charge on any atom is -0.481 e. The standard InChI is InChI=1S/C11H14N2O3/c14-11(15)7-9-8-12-2-1-10(9)13-3-5-16-6-4-13/h1-2,8H,3-7H2,(H,14,15). The van der Waals surface area contributed by atoms with Crippen molar-refractivity contribution in [1.29, 1.82) is 0 Å². The molecule has 2 heterocycles. The molecule has 0 aliphatic carbocycles. The number of carboxylic acids is 1. The van der Waals surface area contributed by atoms with Crippen molar-refractivity contribution in [2.45, 2.75) is 6.42 Å². The number of aliphatic carboxylic acids is 1. The van der Waals surface area contributed by atoms with E-state index < -0.39 is 5.97 Å². The third-order valence-electron chi connectivity index (χ3n) is 2.57. The third kappa shape index (κ3) is 2.49. The summed E-state index contributed by atoms with van der Waals surface area (Å²) in [6, 6.07) is 1.86.